The molecule has 0 spiro atoms. The largest absolute Gasteiger partial charge is 0.271 e. The lowest BCUT2D eigenvalue weighted by atomic mass is 9.98. The fourth-order valence-electron chi connectivity index (χ4n) is 1.04. The van der Waals surface area contributed by atoms with Crippen molar-refractivity contribution in [3.05, 3.63) is 11.6 Å². The number of hydrogen-bond donors (Lipinski definition) is 0. The lowest BCUT2D eigenvalue weighted by molar-refractivity contribution is -0.119. The number of carbonyl (C=O) groups is 1. The summed E-state index contributed by atoms with van der Waals surface area (Å²) >= 11 is 0. The van der Waals surface area contributed by atoms with E-state index in [9.17, 15) is 4.79 Å². The molecule has 11 heavy (non-hydrogen) atoms. The molecule has 1 unspecified atom stereocenters. The number of aliphatic imine (C=N–C) groups is 1. The number of carbonyl (C=O) groups excluding carboxylic acids is 1. The van der Waals surface area contributed by atoms with E-state index in [1.807, 2.05) is 6.07 Å². The van der Waals surface area contributed by atoms with Crippen LogP contribution in [0.5, 0.6) is 0 Å². The normalized spacial score (nSPS) is 23.7. The zero-order chi connectivity index (χ0) is 8.43. The molecule has 0 aliphatic carbocycles. The fourth-order valence-corrected chi connectivity index (χ4v) is 1.04. The van der Waals surface area contributed by atoms with Crippen LogP contribution in [0.2, 0.25) is 0 Å². The van der Waals surface area contributed by atoms with Gasteiger partial charge in [-0.3, -0.25) is 4.79 Å². The molecular weight excluding hydrogens is 140 g/mol. The highest BCUT2D eigenvalue weighted by atomic mass is 16.1. The second-order valence-electron chi connectivity index (χ2n) is 2.54. The predicted octanol–water partition coefficient (Wildman–Crippen LogP) is 1.07. The van der Waals surface area contributed by atoms with Gasteiger partial charge in [0.15, 0.2) is 0 Å². The van der Waals surface area contributed by atoms with Crippen LogP contribution in [0.3, 0.4) is 0 Å². The number of dihydropyridines is 1. The smallest absolute Gasteiger partial charge is 0.267 e. The van der Waals surface area contributed by atoms with Gasteiger partial charge in [0.2, 0.25) is 0 Å². The molecule has 0 fully saturated rings. The molecule has 56 valence electrons. The third kappa shape index (κ3) is 1.35. The van der Waals surface area contributed by atoms with Crippen molar-refractivity contribution < 1.29 is 4.79 Å². The Morgan fingerprint density at radius 3 is 2.73 bits per heavy atom. The lowest BCUT2D eigenvalue weighted by Crippen LogP contribution is -2.17. The molecule has 0 radical (unpaired) electrons. The van der Waals surface area contributed by atoms with Crippen molar-refractivity contribution >= 4 is 11.6 Å². The van der Waals surface area contributed by atoms with Crippen molar-refractivity contribution in [1.29, 1.82) is 5.26 Å². The molecule has 0 bridgehead atoms. The number of nitrogens with zero attached hydrogens (tertiary/aromatic N) is 2. The van der Waals surface area contributed by atoms with Gasteiger partial charge in [0.05, 0.1) is 6.07 Å². The third-order valence-corrected chi connectivity index (χ3v) is 1.55. The second-order valence-corrected chi connectivity index (χ2v) is 2.54. The standard InChI is InChI=1S/C8H8N2O/c1-5-3-6(2)10-8(11)7(5)4-9/h3,7H,1-2H3. The summed E-state index contributed by atoms with van der Waals surface area (Å²) in [6.07, 6.45) is 1.76. The Balaban J connectivity index is 3.03. The van der Waals surface area contributed by atoms with Gasteiger partial charge >= 0.3 is 0 Å². The Morgan fingerprint density at radius 2 is 2.27 bits per heavy atom. The SMILES string of the molecule is CC1=CC(C)=NC(=O)C1C#N. The predicted molar refractivity (Wildman–Crippen MR) is 41.0 cm³/mol. The third-order valence-electron chi connectivity index (χ3n) is 1.55. The monoisotopic (exact) mass is 148 g/mol. The molecule has 3 nitrogen and oxygen atoms in total. The van der Waals surface area contributed by atoms with E-state index in [-0.39, 0.29) is 5.91 Å². The Bertz CT molecular complexity index is 294. The van der Waals surface area contributed by atoms with E-state index in [4.69, 9.17) is 5.26 Å². The van der Waals surface area contributed by atoms with Crippen LogP contribution in [0.15, 0.2) is 16.6 Å². The molecule has 0 N–H and O–H groups in total. The van der Waals surface area contributed by atoms with Gasteiger partial charge in [-0.15, -0.1) is 0 Å². The van der Waals surface area contributed by atoms with Gasteiger partial charge in [-0.1, -0.05) is 0 Å². The molecule has 1 amide bonds. The first-order valence-corrected chi connectivity index (χ1v) is 3.32. The number of hydrogen-bond acceptors (Lipinski definition) is 2. The Labute approximate surface area is 65.0 Å². The minimum atomic E-state index is -0.654. The quantitative estimate of drug-likeness (QED) is 0.516. The molecule has 1 heterocycles. The maximum absolute atomic E-state index is 11.0. The van der Waals surface area contributed by atoms with Gasteiger partial charge < -0.3 is 0 Å². The molecule has 0 aromatic heterocycles. The summed E-state index contributed by atoms with van der Waals surface area (Å²) in [6.45, 7) is 3.51. The Morgan fingerprint density at radius 1 is 1.64 bits per heavy atom. The van der Waals surface area contributed by atoms with Gasteiger partial charge in [0.25, 0.3) is 5.91 Å². The van der Waals surface area contributed by atoms with Crippen molar-refractivity contribution in [2.45, 2.75) is 13.8 Å². The molecule has 1 aliphatic heterocycles. The average Bonchev–Trinajstić information content (AvgIpc) is 1.85. The van der Waals surface area contributed by atoms with Crippen LogP contribution in [0.25, 0.3) is 0 Å². The minimum Gasteiger partial charge on any atom is -0.271 e. The van der Waals surface area contributed by atoms with Crippen LogP contribution in [-0.2, 0) is 4.79 Å². The van der Waals surface area contributed by atoms with Gasteiger partial charge in [0, 0.05) is 5.71 Å². The van der Waals surface area contributed by atoms with E-state index in [0.29, 0.717) is 5.71 Å². The van der Waals surface area contributed by atoms with Gasteiger partial charge in [-0.05, 0) is 25.5 Å². The summed E-state index contributed by atoms with van der Waals surface area (Å²) in [7, 11) is 0. The van der Waals surface area contributed by atoms with Crippen LogP contribution < -0.4 is 0 Å². The fraction of sp³-hybridized carbons (Fsp3) is 0.375. The summed E-state index contributed by atoms with van der Waals surface area (Å²) in [5.74, 6) is -0.997. The first kappa shape index (κ1) is 7.67. The number of nitriles is 1. The van der Waals surface area contributed by atoms with Gasteiger partial charge in [-0.25, -0.2) is 4.99 Å². The molecule has 0 saturated heterocycles. The topological polar surface area (TPSA) is 53.2 Å². The molecule has 3 heteroatoms. The van der Waals surface area contributed by atoms with Crippen molar-refractivity contribution in [2.24, 2.45) is 10.9 Å². The average molecular weight is 148 g/mol. The molecule has 1 atom stereocenters. The van der Waals surface area contributed by atoms with Crippen molar-refractivity contribution in [2.75, 3.05) is 0 Å². The molecular formula is C8H8N2O. The van der Waals surface area contributed by atoms with Crippen molar-refractivity contribution in [1.82, 2.24) is 0 Å². The summed E-state index contributed by atoms with van der Waals surface area (Å²) in [6, 6.07) is 1.90. The van der Waals surface area contributed by atoms with Crippen molar-refractivity contribution in [3.8, 4) is 6.07 Å². The first-order valence-electron chi connectivity index (χ1n) is 3.32. The summed E-state index contributed by atoms with van der Waals surface area (Å²) in [5.41, 5.74) is 1.46. The number of allylic oxidation sites excluding steroid dienone is 1. The van der Waals surface area contributed by atoms with E-state index in [2.05, 4.69) is 4.99 Å². The van der Waals surface area contributed by atoms with Crippen molar-refractivity contribution in [3.63, 3.8) is 0 Å². The van der Waals surface area contributed by atoms with E-state index in [1.165, 1.54) is 0 Å². The van der Waals surface area contributed by atoms with Crippen LogP contribution in [0, 0.1) is 17.2 Å². The van der Waals surface area contributed by atoms with E-state index in [0.717, 1.165) is 5.57 Å². The van der Waals surface area contributed by atoms with Crippen LogP contribution in [-0.4, -0.2) is 11.6 Å². The summed E-state index contributed by atoms with van der Waals surface area (Å²) in [5, 5.41) is 8.54. The van der Waals surface area contributed by atoms with Gasteiger partial charge in [0.1, 0.15) is 5.92 Å². The second kappa shape index (κ2) is 2.67. The van der Waals surface area contributed by atoms with E-state index < -0.39 is 5.92 Å². The lowest BCUT2D eigenvalue weighted by Gasteiger charge is -2.10. The van der Waals surface area contributed by atoms with E-state index >= 15 is 0 Å². The minimum absolute atomic E-state index is 0.343. The molecule has 0 aromatic carbocycles. The Kier molecular flexibility index (Phi) is 1.86. The highest BCUT2D eigenvalue weighted by Gasteiger charge is 2.22. The molecule has 1 aliphatic rings. The first-order chi connectivity index (χ1) is 5.15. The Hall–Kier alpha value is -1.43. The van der Waals surface area contributed by atoms with Crippen LogP contribution in [0.1, 0.15) is 13.8 Å². The molecule has 0 saturated carbocycles. The molecule has 1 rings (SSSR count). The summed E-state index contributed by atoms with van der Waals surface area (Å²) < 4.78 is 0. The maximum atomic E-state index is 11.0. The van der Waals surface area contributed by atoms with Crippen LogP contribution >= 0.6 is 0 Å². The number of amides is 1. The maximum Gasteiger partial charge on any atom is 0.267 e. The summed E-state index contributed by atoms with van der Waals surface area (Å²) in [4.78, 5) is 14.7. The zero-order valence-electron chi connectivity index (χ0n) is 6.46. The zero-order valence-corrected chi connectivity index (χ0v) is 6.46. The van der Waals surface area contributed by atoms with Gasteiger partial charge in [-0.2, -0.15) is 5.26 Å². The van der Waals surface area contributed by atoms with Crippen LogP contribution in [0.4, 0.5) is 0 Å². The molecule has 0 aromatic rings. The van der Waals surface area contributed by atoms with E-state index in [1.54, 1.807) is 19.9 Å². The number of rotatable bonds is 0. The highest BCUT2D eigenvalue weighted by molar-refractivity contribution is 6.06. The highest BCUT2D eigenvalue weighted by Crippen LogP contribution is 2.15.